The molecule has 0 radical (unpaired) electrons. The average Bonchev–Trinajstić information content (AvgIpc) is 3.31. The molecule has 2 aliphatic heterocycles. The summed E-state index contributed by atoms with van der Waals surface area (Å²) >= 11 is 0. The fourth-order valence-electron chi connectivity index (χ4n) is 3.99. The molecular formula is C20H28N4O. The highest BCUT2D eigenvalue weighted by Crippen LogP contribution is 2.22. The quantitative estimate of drug-likeness (QED) is 0.726. The normalized spacial score (nSPS) is 21.5. The average molecular weight is 340 g/mol. The standard InChI is InChI=1S/C20H28N4O/c1-2-6-18(7-3-1)17-25-13-12-23-14-19-8-9-21-24(19)20(16-23)15-22-10-4-5-11-22/h1-3,6-9,20H,4-5,10-17H2. The van der Waals surface area contributed by atoms with Gasteiger partial charge in [-0.25, -0.2) is 0 Å². The van der Waals surface area contributed by atoms with E-state index in [1.165, 1.54) is 37.2 Å². The molecule has 2 aliphatic rings. The van der Waals surface area contributed by atoms with E-state index in [1.807, 2.05) is 12.3 Å². The molecular weight excluding hydrogens is 312 g/mol. The van der Waals surface area contributed by atoms with Gasteiger partial charge < -0.3 is 9.64 Å². The number of hydrogen-bond acceptors (Lipinski definition) is 4. The Morgan fingerprint density at radius 2 is 1.88 bits per heavy atom. The van der Waals surface area contributed by atoms with Crippen LogP contribution in [0, 0.1) is 0 Å². The maximum Gasteiger partial charge on any atom is 0.0776 e. The summed E-state index contributed by atoms with van der Waals surface area (Å²) in [6, 6.07) is 13.0. The summed E-state index contributed by atoms with van der Waals surface area (Å²) in [6.45, 7) is 8.11. The van der Waals surface area contributed by atoms with Gasteiger partial charge >= 0.3 is 0 Å². The van der Waals surface area contributed by atoms with Crippen LogP contribution >= 0.6 is 0 Å². The number of benzene rings is 1. The SMILES string of the molecule is c1ccc(COCCN2Cc3ccnn3C(CN3CCCC3)C2)cc1. The molecule has 1 fully saturated rings. The maximum absolute atomic E-state index is 5.89. The van der Waals surface area contributed by atoms with Crippen LogP contribution in [0.25, 0.3) is 0 Å². The Balaban J connectivity index is 1.29. The largest absolute Gasteiger partial charge is 0.375 e. The van der Waals surface area contributed by atoms with Crippen molar-refractivity contribution in [1.82, 2.24) is 19.6 Å². The fourth-order valence-corrected chi connectivity index (χ4v) is 3.99. The molecule has 1 aromatic carbocycles. The molecule has 0 saturated carbocycles. The lowest BCUT2D eigenvalue weighted by atomic mass is 10.2. The third kappa shape index (κ3) is 4.29. The van der Waals surface area contributed by atoms with Crippen LogP contribution in [-0.2, 0) is 17.9 Å². The number of fused-ring (bicyclic) bond motifs is 1. The Bertz CT molecular complexity index is 651. The molecule has 1 aromatic heterocycles. The highest BCUT2D eigenvalue weighted by Gasteiger charge is 2.27. The first-order chi connectivity index (χ1) is 12.4. The predicted molar refractivity (Wildman–Crippen MR) is 98.3 cm³/mol. The van der Waals surface area contributed by atoms with Gasteiger partial charge in [0.05, 0.1) is 24.9 Å². The van der Waals surface area contributed by atoms with Gasteiger partial charge in [-0.1, -0.05) is 30.3 Å². The first-order valence-electron chi connectivity index (χ1n) is 9.47. The first-order valence-corrected chi connectivity index (χ1v) is 9.47. The van der Waals surface area contributed by atoms with E-state index in [9.17, 15) is 0 Å². The second-order valence-corrected chi connectivity index (χ2v) is 7.20. The Morgan fingerprint density at radius 1 is 1.04 bits per heavy atom. The molecule has 0 bridgehead atoms. The maximum atomic E-state index is 5.89. The van der Waals surface area contributed by atoms with Gasteiger partial charge in [0.25, 0.3) is 0 Å². The summed E-state index contributed by atoms with van der Waals surface area (Å²) in [5.41, 5.74) is 2.57. The lowest BCUT2D eigenvalue weighted by Gasteiger charge is -2.35. The Kier molecular flexibility index (Phi) is 5.45. The second kappa shape index (κ2) is 8.13. The van der Waals surface area contributed by atoms with Gasteiger partial charge in [-0.15, -0.1) is 0 Å². The highest BCUT2D eigenvalue weighted by atomic mass is 16.5. The zero-order valence-corrected chi connectivity index (χ0v) is 14.9. The van der Waals surface area contributed by atoms with Gasteiger partial charge in [0.15, 0.2) is 0 Å². The van der Waals surface area contributed by atoms with Crippen LogP contribution in [0.3, 0.4) is 0 Å². The number of rotatable bonds is 7. The van der Waals surface area contributed by atoms with Gasteiger partial charge in [-0.3, -0.25) is 9.58 Å². The molecule has 1 saturated heterocycles. The van der Waals surface area contributed by atoms with Crippen LogP contribution in [0.15, 0.2) is 42.6 Å². The van der Waals surface area contributed by atoms with Gasteiger partial charge in [-0.05, 0) is 37.6 Å². The minimum Gasteiger partial charge on any atom is -0.375 e. The minimum absolute atomic E-state index is 0.464. The van der Waals surface area contributed by atoms with E-state index in [2.05, 4.69) is 49.9 Å². The molecule has 1 atom stereocenters. The second-order valence-electron chi connectivity index (χ2n) is 7.20. The van der Waals surface area contributed by atoms with E-state index in [-0.39, 0.29) is 0 Å². The molecule has 1 unspecified atom stereocenters. The van der Waals surface area contributed by atoms with Gasteiger partial charge in [-0.2, -0.15) is 5.10 Å². The van der Waals surface area contributed by atoms with Crippen LogP contribution in [0.1, 0.15) is 30.1 Å². The molecule has 0 spiro atoms. The smallest absolute Gasteiger partial charge is 0.0776 e. The number of ether oxygens (including phenoxy) is 1. The van der Waals surface area contributed by atoms with Crippen LogP contribution in [0.4, 0.5) is 0 Å². The van der Waals surface area contributed by atoms with Crippen molar-refractivity contribution in [2.45, 2.75) is 32.0 Å². The van der Waals surface area contributed by atoms with Crippen molar-refractivity contribution < 1.29 is 4.74 Å². The number of hydrogen-bond donors (Lipinski definition) is 0. The van der Waals surface area contributed by atoms with Crippen molar-refractivity contribution in [3.8, 4) is 0 Å². The monoisotopic (exact) mass is 340 g/mol. The van der Waals surface area contributed by atoms with Crippen LogP contribution in [0.5, 0.6) is 0 Å². The van der Waals surface area contributed by atoms with Crippen molar-refractivity contribution >= 4 is 0 Å². The molecule has 0 N–H and O–H groups in total. The fraction of sp³-hybridized carbons (Fsp3) is 0.550. The Labute approximate surface area is 150 Å². The third-order valence-electron chi connectivity index (χ3n) is 5.28. The summed E-state index contributed by atoms with van der Waals surface area (Å²) in [5.74, 6) is 0. The minimum atomic E-state index is 0.464. The van der Waals surface area contributed by atoms with Crippen LogP contribution < -0.4 is 0 Å². The topological polar surface area (TPSA) is 33.5 Å². The summed E-state index contributed by atoms with van der Waals surface area (Å²) in [7, 11) is 0. The van der Waals surface area contributed by atoms with E-state index in [0.29, 0.717) is 12.6 Å². The lowest BCUT2D eigenvalue weighted by molar-refractivity contribution is 0.0706. The summed E-state index contributed by atoms with van der Waals surface area (Å²) in [5, 5.41) is 4.58. The third-order valence-corrected chi connectivity index (χ3v) is 5.28. The lowest BCUT2D eigenvalue weighted by Crippen LogP contribution is -2.43. The molecule has 4 rings (SSSR count). The predicted octanol–water partition coefficient (Wildman–Crippen LogP) is 2.55. The molecule has 0 aliphatic carbocycles. The molecule has 5 heteroatoms. The van der Waals surface area contributed by atoms with E-state index in [1.54, 1.807) is 0 Å². The summed E-state index contributed by atoms with van der Waals surface area (Å²) in [6.07, 6.45) is 4.63. The van der Waals surface area contributed by atoms with Crippen molar-refractivity contribution in [2.24, 2.45) is 0 Å². The summed E-state index contributed by atoms with van der Waals surface area (Å²) < 4.78 is 8.14. The molecule has 5 nitrogen and oxygen atoms in total. The zero-order chi connectivity index (χ0) is 16.9. The molecule has 3 heterocycles. The molecule has 2 aromatic rings. The van der Waals surface area contributed by atoms with E-state index in [4.69, 9.17) is 4.74 Å². The number of aromatic nitrogens is 2. The van der Waals surface area contributed by atoms with Gasteiger partial charge in [0, 0.05) is 32.4 Å². The van der Waals surface area contributed by atoms with Crippen LogP contribution in [-0.4, -0.2) is 58.9 Å². The van der Waals surface area contributed by atoms with E-state index in [0.717, 1.165) is 32.8 Å². The first kappa shape index (κ1) is 16.8. The Morgan fingerprint density at radius 3 is 2.72 bits per heavy atom. The molecule has 0 amide bonds. The molecule has 134 valence electrons. The van der Waals surface area contributed by atoms with Crippen molar-refractivity contribution in [3.63, 3.8) is 0 Å². The zero-order valence-electron chi connectivity index (χ0n) is 14.9. The van der Waals surface area contributed by atoms with E-state index >= 15 is 0 Å². The molecule has 25 heavy (non-hydrogen) atoms. The van der Waals surface area contributed by atoms with Gasteiger partial charge in [0.2, 0.25) is 0 Å². The van der Waals surface area contributed by atoms with Crippen molar-refractivity contribution in [1.29, 1.82) is 0 Å². The Hall–Kier alpha value is -1.69. The summed E-state index contributed by atoms with van der Waals surface area (Å²) in [4.78, 5) is 5.11. The van der Waals surface area contributed by atoms with Crippen LogP contribution in [0.2, 0.25) is 0 Å². The van der Waals surface area contributed by atoms with Gasteiger partial charge in [0.1, 0.15) is 0 Å². The number of nitrogens with zero attached hydrogens (tertiary/aromatic N) is 4. The highest BCUT2D eigenvalue weighted by molar-refractivity contribution is 5.13. The van der Waals surface area contributed by atoms with Crippen molar-refractivity contribution in [3.05, 3.63) is 53.9 Å². The van der Waals surface area contributed by atoms with E-state index < -0.39 is 0 Å². The van der Waals surface area contributed by atoms with Crippen molar-refractivity contribution in [2.75, 3.05) is 39.3 Å². The number of likely N-dealkylation sites (tertiary alicyclic amines) is 1.